The molecule has 2 fully saturated rings. The molecule has 4 rings (SSSR count). The highest BCUT2D eigenvalue weighted by molar-refractivity contribution is 5.44. The van der Waals surface area contributed by atoms with Crippen LogP contribution in [-0.2, 0) is 9.47 Å². The van der Waals surface area contributed by atoms with Gasteiger partial charge in [-0.1, -0.05) is 10.4 Å². The molecule has 2 aliphatic heterocycles. The van der Waals surface area contributed by atoms with Gasteiger partial charge in [-0.3, -0.25) is 10.0 Å². The van der Waals surface area contributed by atoms with Crippen LogP contribution in [0.5, 0.6) is 11.5 Å². The molecule has 0 bridgehead atoms. The number of hydrogen-bond donors (Lipinski definition) is 0. The summed E-state index contributed by atoms with van der Waals surface area (Å²) in [6, 6.07) is 15.0. The predicted molar refractivity (Wildman–Crippen MR) is 107 cm³/mol. The van der Waals surface area contributed by atoms with E-state index in [0.29, 0.717) is 26.4 Å². The minimum Gasteiger partial charge on any atom is -0.457 e. The van der Waals surface area contributed by atoms with E-state index in [2.05, 4.69) is 20.7 Å². The van der Waals surface area contributed by atoms with Gasteiger partial charge in [0.25, 0.3) is 0 Å². The summed E-state index contributed by atoms with van der Waals surface area (Å²) in [4.78, 5) is 0. The molecular formula is C20H24N6O3. The second-order valence-electron chi connectivity index (χ2n) is 6.60. The standard InChI is InChI=1S/C20H24N6O3/c1-5-19(6-2-17(1)21-23-25-9-13-27-14-10-25)29-20-7-3-18(4-8-20)22-24-26-11-15-28-16-12-26/h1-8H,9-16H2. The molecule has 9 heteroatoms. The van der Waals surface area contributed by atoms with Gasteiger partial charge < -0.3 is 14.2 Å². The van der Waals surface area contributed by atoms with Crippen molar-refractivity contribution in [2.24, 2.45) is 20.7 Å². The van der Waals surface area contributed by atoms with Crippen molar-refractivity contribution in [2.75, 3.05) is 52.6 Å². The molecule has 0 radical (unpaired) electrons. The molecule has 2 saturated heterocycles. The molecule has 0 amide bonds. The van der Waals surface area contributed by atoms with Gasteiger partial charge >= 0.3 is 0 Å². The quantitative estimate of drug-likeness (QED) is 0.685. The van der Waals surface area contributed by atoms with E-state index < -0.39 is 0 Å². The molecule has 2 aromatic rings. The minimum absolute atomic E-state index is 0.694. The van der Waals surface area contributed by atoms with Gasteiger partial charge in [0.05, 0.1) is 64.0 Å². The third-order valence-electron chi connectivity index (χ3n) is 4.46. The van der Waals surface area contributed by atoms with Crippen molar-refractivity contribution in [3.63, 3.8) is 0 Å². The third kappa shape index (κ3) is 5.97. The van der Waals surface area contributed by atoms with E-state index in [4.69, 9.17) is 14.2 Å². The van der Waals surface area contributed by atoms with Crippen molar-refractivity contribution < 1.29 is 14.2 Å². The lowest BCUT2D eigenvalue weighted by Crippen LogP contribution is -2.31. The maximum absolute atomic E-state index is 5.88. The van der Waals surface area contributed by atoms with Crippen molar-refractivity contribution in [1.82, 2.24) is 10.0 Å². The van der Waals surface area contributed by atoms with Crippen LogP contribution in [0.25, 0.3) is 0 Å². The Hall–Kier alpha value is -3.04. The van der Waals surface area contributed by atoms with Crippen molar-refractivity contribution in [2.45, 2.75) is 0 Å². The van der Waals surface area contributed by atoms with Crippen LogP contribution in [0.1, 0.15) is 0 Å². The fourth-order valence-corrected chi connectivity index (χ4v) is 2.81. The summed E-state index contributed by atoms with van der Waals surface area (Å²) in [5.74, 6) is 1.47. The Morgan fingerprint density at radius 2 is 0.966 bits per heavy atom. The van der Waals surface area contributed by atoms with Gasteiger partial charge in [0.1, 0.15) is 11.5 Å². The normalized spacial score (nSPS) is 17.9. The van der Waals surface area contributed by atoms with E-state index >= 15 is 0 Å². The van der Waals surface area contributed by atoms with Crippen molar-refractivity contribution in [1.29, 1.82) is 0 Å². The Morgan fingerprint density at radius 3 is 1.34 bits per heavy atom. The Morgan fingerprint density at radius 1 is 0.586 bits per heavy atom. The lowest BCUT2D eigenvalue weighted by atomic mass is 10.3. The predicted octanol–water partition coefficient (Wildman–Crippen LogP) is 4.14. The summed E-state index contributed by atoms with van der Waals surface area (Å²) < 4.78 is 16.5. The SMILES string of the molecule is c1cc(Oc2ccc(N=NN3CCOCC3)cc2)ccc1N=NN1CCOCC1. The zero-order valence-electron chi connectivity index (χ0n) is 16.2. The average Bonchev–Trinajstić information content (AvgIpc) is 2.80. The Balaban J connectivity index is 1.29. The van der Waals surface area contributed by atoms with Gasteiger partial charge in [-0.25, -0.2) is 0 Å². The summed E-state index contributed by atoms with van der Waals surface area (Å²) >= 11 is 0. The fourth-order valence-electron chi connectivity index (χ4n) is 2.81. The van der Waals surface area contributed by atoms with Gasteiger partial charge in [0.15, 0.2) is 0 Å². The fraction of sp³-hybridized carbons (Fsp3) is 0.400. The van der Waals surface area contributed by atoms with Crippen LogP contribution in [0.4, 0.5) is 11.4 Å². The first-order valence-electron chi connectivity index (χ1n) is 9.72. The van der Waals surface area contributed by atoms with Crippen LogP contribution in [0.2, 0.25) is 0 Å². The molecule has 2 aliphatic rings. The summed E-state index contributed by atoms with van der Waals surface area (Å²) in [5.41, 5.74) is 1.56. The van der Waals surface area contributed by atoms with E-state index in [1.807, 2.05) is 58.5 Å². The summed E-state index contributed by atoms with van der Waals surface area (Å²) in [6.07, 6.45) is 0. The molecule has 0 saturated carbocycles. The smallest absolute Gasteiger partial charge is 0.127 e. The molecular weight excluding hydrogens is 372 g/mol. The molecule has 2 heterocycles. The number of benzene rings is 2. The zero-order valence-corrected chi connectivity index (χ0v) is 16.2. The monoisotopic (exact) mass is 396 g/mol. The molecule has 0 aliphatic carbocycles. The second-order valence-corrected chi connectivity index (χ2v) is 6.60. The number of nitrogens with zero attached hydrogens (tertiary/aromatic N) is 6. The van der Waals surface area contributed by atoms with Crippen LogP contribution in [0.3, 0.4) is 0 Å². The van der Waals surface area contributed by atoms with Crippen molar-refractivity contribution in [3.05, 3.63) is 48.5 Å². The third-order valence-corrected chi connectivity index (χ3v) is 4.46. The highest BCUT2D eigenvalue weighted by Crippen LogP contribution is 2.26. The molecule has 0 N–H and O–H groups in total. The van der Waals surface area contributed by atoms with Gasteiger partial charge in [0.2, 0.25) is 0 Å². The Labute approximate surface area is 169 Å². The largest absolute Gasteiger partial charge is 0.457 e. The first kappa shape index (κ1) is 19.3. The maximum atomic E-state index is 5.88. The van der Waals surface area contributed by atoms with Crippen molar-refractivity contribution in [3.8, 4) is 11.5 Å². The van der Waals surface area contributed by atoms with Crippen LogP contribution in [-0.4, -0.2) is 62.6 Å². The van der Waals surface area contributed by atoms with Gasteiger partial charge in [0, 0.05) is 0 Å². The Kier molecular flexibility index (Phi) is 6.61. The van der Waals surface area contributed by atoms with Gasteiger partial charge in [-0.15, -0.1) is 10.2 Å². The lowest BCUT2D eigenvalue weighted by molar-refractivity contribution is 0.0353. The van der Waals surface area contributed by atoms with Crippen LogP contribution < -0.4 is 4.74 Å². The van der Waals surface area contributed by atoms with E-state index in [9.17, 15) is 0 Å². The van der Waals surface area contributed by atoms with Crippen LogP contribution >= 0.6 is 0 Å². The molecule has 152 valence electrons. The van der Waals surface area contributed by atoms with Gasteiger partial charge in [-0.2, -0.15) is 0 Å². The minimum atomic E-state index is 0.694. The van der Waals surface area contributed by atoms with E-state index in [0.717, 1.165) is 49.1 Å². The maximum Gasteiger partial charge on any atom is 0.127 e. The molecule has 2 aromatic carbocycles. The highest BCUT2D eigenvalue weighted by atomic mass is 16.5. The molecule has 9 nitrogen and oxygen atoms in total. The van der Waals surface area contributed by atoms with E-state index in [-0.39, 0.29) is 0 Å². The van der Waals surface area contributed by atoms with E-state index in [1.54, 1.807) is 0 Å². The van der Waals surface area contributed by atoms with E-state index in [1.165, 1.54) is 0 Å². The summed E-state index contributed by atoms with van der Waals surface area (Å²) in [5, 5.41) is 20.8. The van der Waals surface area contributed by atoms with Crippen LogP contribution in [0, 0.1) is 0 Å². The molecule has 0 aromatic heterocycles. The first-order valence-corrected chi connectivity index (χ1v) is 9.72. The molecule has 29 heavy (non-hydrogen) atoms. The molecule has 0 spiro atoms. The second kappa shape index (κ2) is 9.94. The number of morpholine rings is 2. The van der Waals surface area contributed by atoms with Gasteiger partial charge in [-0.05, 0) is 48.5 Å². The number of rotatable bonds is 6. The topological polar surface area (TPSA) is 83.6 Å². The summed E-state index contributed by atoms with van der Waals surface area (Å²) in [7, 11) is 0. The Bertz CT molecular complexity index is 744. The van der Waals surface area contributed by atoms with Crippen molar-refractivity contribution >= 4 is 11.4 Å². The summed E-state index contributed by atoms with van der Waals surface area (Å²) in [6.45, 7) is 5.86. The zero-order chi connectivity index (χ0) is 19.7. The molecule has 0 unspecified atom stereocenters. The average molecular weight is 396 g/mol. The first-order chi connectivity index (χ1) is 14.3. The lowest BCUT2D eigenvalue weighted by Gasteiger charge is -2.22. The number of ether oxygens (including phenoxy) is 3. The molecule has 0 atom stereocenters. The highest BCUT2D eigenvalue weighted by Gasteiger charge is 2.08. The number of hydrogen-bond acceptors (Lipinski definition) is 7. The van der Waals surface area contributed by atoms with Crippen LogP contribution in [0.15, 0.2) is 69.2 Å².